The third-order valence-electron chi connectivity index (χ3n) is 11.1. The molecule has 57 heavy (non-hydrogen) atoms. The lowest BCUT2D eigenvalue weighted by Gasteiger charge is -2.11. The number of fused-ring (bicyclic) bond motifs is 9. The number of rotatable bonds is 5. The Morgan fingerprint density at radius 3 is 1.61 bits per heavy atom. The molecule has 0 N–H and O–H groups in total. The molecule has 0 aliphatic heterocycles. The Balaban J connectivity index is 0.935. The van der Waals surface area contributed by atoms with Crippen molar-refractivity contribution in [2.45, 2.75) is 0 Å². The van der Waals surface area contributed by atoms with Gasteiger partial charge in [-0.25, -0.2) is 4.98 Å². The zero-order valence-electron chi connectivity index (χ0n) is 30.4. The maximum Gasteiger partial charge on any atom is 0.238 e. The zero-order valence-corrected chi connectivity index (χ0v) is 30.4. The summed E-state index contributed by atoms with van der Waals surface area (Å²) < 4.78 is 15.0. The van der Waals surface area contributed by atoms with E-state index in [0.717, 1.165) is 99.1 Å². The van der Waals surface area contributed by atoms with Gasteiger partial charge in [-0.05, 0) is 59.2 Å². The molecule has 6 heteroatoms. The first-order chi connectivity index (χ1) is 28.2. The number of para-hydroxylation sites is 4. The second-order valence-electron chi connectivity index (χ2n) is 14.4. The molecule has 0 amide bonds. The van der Waals surface area contributed by atoms with E-state index in [1.54, 1.807) is 0 Å². The molecule has 0 fully saturated rings. The molecule has 0 atom stereocenters. The minimum Gasteiger partial charge on any atom is -0.456 e. The summed E-state index contributed by atoms with van der Waals surface area (Å²) in [5.74, 6) is 1.80. The van der Waals surface area contributed by atoms with Gasteiger partial charge in [-0.3, -0.25) is 4.57 Å². The minimum absolute atomic E-state index is 0.576. The highest BCUT2D eigenvalue weighted by atomic mass is 16.3. The van der Waals surface area contributed by atoms with Crippen LogP contribution in [0.2, 0.25) is 0 Å². The van der Waals surface area contributed by atoms with Crippen molar-refractivity contribution in [3.63, 3.8) is 0 Å². The Hall–Kier alpha value is -7.83. The van der Waals surface area contributed by atoms with E-state index in [-0.39, 0.29) is 0 Å². The van der Waals surface area contributed by atoms with Crippen LogP contribution in [-0.2, 0) is 0 Å². The molecule has 266 valence electrons. The summed E-state index contributed by atoms with van der Waals surface area (Å²) in [6.07, 6.45) is 0. The molecule has 4 heterocycles. The number of aromatic nitrogens is 4. The Kier molecular flexibility index (Phi) is 6.83. The van der Waals surface area contributed by atoms with Gasteiger partial charge in [0.25, 0.3) is 0 Å². The van der Waals surface area contributed by atoms with Crippen LogP contribution >= 0.6 is 0 Å². The molecule has 4 aromatic heterocycles. The van der Waals surface area contributed by atoms with Crippen LogP contribution in [0.3, 0.4) is 0 Å². The lowest BCUT2D eigenvalue weighted by atomic mass is 9.99. The molecule has 0 saturated carbocycles. The van der Waals surface area contributed by atoms with Gasteiger partial charge in [-0.1, -0.05) is 140 Å². The number of nitrogens with zero attached hydrogens (tertiary/aromatic N) is 4. The highest BCUT2D eigenvalue weighted by Gasteiger charge is 2.19. The van der Waals surface area contributed by atoms with E-state index >= 15 is 0 Å². The normalized spacial score (nSPS) is 11.9. The number of hydrogen-bond donors (Lipinski definition) is 0. The van der Waals surface area contributed by atoms with Crippen LogP contribution in [0.15, 0.2) is 191 Å². The molecular formula is C51H30N4O2. The van der Waals surface area contributed by atoms with Crippen LogP contribution in [0.5, 0.6) is 0 Å². The SMILES string of the molecule is c1ccc(-c2nc(-c3ccc(-c4ccc5c(c4)oc4c(-c6ccc7c(c6)oc6ccccc67)cccc45)cc3)nc(-n3c4ccccc4c4ccccc43)n2)cc1. The molecule has 0 unspecified atom stereocenters. The Morgan fingerprint density at radius 1 is 0.333 bits per heavy atom. The first-order valence-electron chi connectivity index (χ1n) is 19.0. The van der Waals surface area contributed by atoms with Gasteiger partial charge in [-0.15, -0.1) is 0 Å². The van der Waals surface area contributed by atoms with E-state index < -0.39 is 0 Å². The van der Waals surface area contributed by atoms with Gasteiger partial charge in [0, 0.05) is 49.0 Å². The predicted molar refractivity (Wildman–Crippen MR) is 230 cm³/mol. The van der Waals surface area contributed by atoms with Crippen molar-refractivity contribution in [1.29, 1.82) is 0 Å². The maximum atomic E-state index is 6.67. The van der Waals surface area contributed by atoms with Gasteiger partial charge in [0.05, 0.1) is 11.0 Å². The lowest BCUT2D eigenvalue weighted by Crippen LogP contribution is -2.06. The van der Waals surface area contributed by atoms with Gasteiger partial charge in [0.2, 0.25) is 5.95 Å². The quantitative estimate of drug-likeness (QED) is 0.176. The highest BCUT2D eigenvalue weighted by molar-refractivity contribution is 6.12. The Morgan fingerprint density at radius 2 is 0.860 bits per heavy atom. The fourth-order valence-electron chi connectivity index (χ4n) is 8.36. The van der Waals surface area contributed by atoms with E-state index in [4.69, 9.17) is 23.8 Å². The summed E-state index contributed by atoms with van der Waals surface area (Å²) in [6.45, 7) is 0. The molecular weight excluding hydrogens is 701 g/mol. The topological polar surface area (TPSA) is 69.9 Å². The molecule has 0 bridgehead atoms. The van der Waals surface area contributed by atoms with Gasteiger partial charge in [0.1, 0.15) is 22.3 Å². The third-order valence-corrected chi connectivity index (χ3v) is 11.1. The van der Waals surface area contributed by atoms with Crippen LogP contribution in [0, 0.1) is 0 Å². The lowest BCUT2D eigenvalue weighted by molar-refractivity contribution is 0.668. The summed E-state index contributed by atoms with van der Waals surface area (Å²) >= 11 is 0. The molecule has 0 radical (unpaired) electrons. The van der Waals surface area contributed by atoms with E-state index in [1.807, 2.05) is 48.5 Å². The minimum atomic E-state index is 0.576. The molecule has 0 aliphatic carbocycles. The van der Waals surface area contributed by atoms with Crippen LogP contribution < -0.4 is 0 Å². The average Bonchev–Trinajstić information content (AvgIpc) is 3.95. The summed E-state index contributed by atoms with van der Waals surface area (Å²) in [5, 5.41) is 6.70. The van der Waals surface area contributed by atoms with Gasteiger partial charge in [-0.2, -0.15) is 9.97 Å². The third kappa shape index (κ3) is 5.01. The monoisotopic (exact) mass is 730 g/mol. The highest BCUT2D eigenvalue weighted by Crippen LogP contribution is 2.40. The standard InChI is InChI=1S/C51H30N4O2/c1-2-11-32(12-3-1)49-52-50(54-51(53-49)55-43-18-7-4-13-37(43)38-14-5-8-19-44(38)55)33-23-21-31(22-24-33)34-25-27-41-42-17-10-16-36(48(42)57-47(41)29-34)35-26-28-40-39-15-6-9-20-45(39)56-46(40)30-35/h1-30H. The van der Waals surface area contributed by atoms with Crippen LogP contribution in [0.4, 0.5) is 0 Å². The zero-order chi connectivity index (χ0) is 37.5. The number of furan rings is 2. The Labute approximate surface area is 325 Å². The van der Waals surface area contributed by atoms with Crippen molar-refractivity contribution in [2.75, 3.05) is 0 Å². The molecule has 0 spiro atoms. The molecule has 12 rings (SSSR count). The first kappa shape index (κ1) is 31.5. The summed E-state index contributed by atoms with van der Waals surface area (Å²) in [4.78, 5) is 15.2. The van der Waals surface area contributed by atoms with Crippen molar-refractivity contribution in [1.82, 2.24) is 19.5 Å². The number of hydrogen-bond acceptors (Lipinski definition) is 5. The van der Waals surface area contributed by atoms with Crippen molar-refractivity contribution in [2.24, 2.45) is 0 Å². The van der Waals surface area contributed by atoms with Crippen molar-refractivity contribution < 1.29 is 8.83 Å². The van der Waals surface area contributed by atoms with Gasteiger partial charge in [0.15, 0.2) is 11.6 Å². The largest absolute Gasteiger partial charge is 0.456 e. The summed E-state index contributed by atoms with van der Waals surface area (Å²) in [5.41, 5.74) is 11.6. The average molecular weight is 731 g/mol. The summed E-state index contributed by atoms with van der Waals surface area (Å²) in [7, 11) is 0. The fourth-order valence-corrected chi connectivity index (χ4v) is 8.36. The number of benzene rings is 8. The fraction of sp³-hybridized carbons (Fsp3) is 0. The Bertz CT molecular complexity index is 3470. The maximum absolute atomic E-state index is 6.67. The molecule has 0 aliphatic rings. The van der Waals surface area contributed by atoms with E-state index in [2.05, 4.69) is 138 Å². The van der Waals surface area contributed by atoms with Crippen molar-refractivity contribution in [3.05, 3.63) is 182 Å². The van der Waals surface area contributed by atoms with E-state index in [9.17, 15) is 0 Å². The van der Waals surface area contributed by atoms with Crippen LogP contribution in [0.25, 0.3) is 117 Å². The summed E-state index contributed by atoms with van der Waals surface area (Å²) in [6, 6.07) is 62.7. The molecule has 12 aromatic rings. The predicted octanol–water partition coefficient (Wildman–Crippen LogP) is 13.4. The second kappa shape index (κ2) is 12.3. The van der Waals surface area contributed by atoms with Gasteiger partial charge >= 0.3 is 0 Å². The van der Waals surface area contributed by atoms with Crippen LogP contribution in [0.1, 0.15) is 0 Å². The first-order valence-corrected chi connectivity index (χ1v) is 19.0. The van der Waals surface area contributed by atoms with E-state index in [0.29, 0.717) is 17.6 Å². The second-order valence-corrected chi connectivity index (χ2v) is 14.4. The smallest absolute Gasteiger partial charge is 0.238 e. The molecule has 8 aromatic carbocycles. The van der Waals surface area contributed by atoms with Gasteiger partial charge < -0.3 is 8.83 Å². The van der Waals surface area contributed by atoms with Crippen molar-refractivity contribution >= 4 is 65.7 Å². The van der Waals surface area contributed by atoms with Crippen molar-refractivity contribution in [3.8, 4) is 51.0 Å². The molecule has 6 nitrogen and oxygen atoms in total. The van der Waals surface area contributed by atoms with Crippen LogP contribution in [-0.4, -0.2) is 19.5 Å². The molecule has 0 saturated heterocycles. The van der Waals surface area contributed by atoms with E-state index in [1.165, 1.54) is 0 Å².